The number of rotatable bonds is 1. The van der Waals surface area contributed by atoms with E-state index in [1.54, 1.807) is 0 Å². The molecule has 73 valence electrons. The van der Waals surface area contributed by atoms with E-state index in [0.29, 0.717) is 13.1 Å². The Morgan fingerprint density at radius 2 is 2.14 bits per heavy atom. The summed E-state index contributed by atoms with van der Waals surface area (Å²) in [6, 6.07) is 2.63. The van der Waals surface area contributed by atoms with Crippen LogP contribution in [0.2, 0.25) is 0 Å². The maximum Gasteiger partial charge on any atom is 0.343 e. The SMILES string of the molecule is O=C1[N]CCN1c1ccc(F)cc1F. The largest absolute Gasteiger partial charge is 0.343 e. The van der Waals surface area contributed by atoms with Crippen molar-refractivity contribution >= 4 is 11.7 Å². The predicted molar refractivity (Wildman–Crippen MR) is 46.1 cm³/mol. The lowest BCUT2D eigenvalue weighted by molar-refractivity contribution is 0.251. The molecule has 0 saturated carbocycles. The molecule has 5 heteroatoms. The Morgan fingerprint density at radius 1 is 1.36 bits per heavy atom. The van der Waals surface area contributed by atoms with Crippen LogP contribution in [0, 0.1) is 11.6 Å². The highest BCUT2D eigenvalue weighted by molar-refractivity contribution is 5.93. The second-order valence-corrected chi connectivity index (χ2v) is 2.91. The van der Waals surface area contributed by atoms with Crippen molar-refractivity contribution in [2.45, 2.75) is 0 Å². The van der Waals surface area contributed by atoms with Gasteiger partial charge < -0.3 is 0 Å². The van der Waals surface area contributed by atoms with Crippen molar-refractivity contribution in [3.8, 4) is 0 Å². The third kappa shape index (κ3) is 1.41. The molecule has 2 amide bonds. The van der Waals surface area contributed by atoms with E-state index in [-0.39, 0.29) is 5.69 Å². The minimum atomic E-state index is -0.740. The molecule has 1 aromatic carbocycles. The van der Waals surface area contributed by atoms with Gasteiger partial charge in [-0.3, -0.25) is 4.90 Å². The molecule has 1 aliphatic rings. The van der Waals surface area contributed by atoms with E-state index in [2.05, 4.69) is 5.32 Å². The van der Waals surface area contributed by atoms with Crippen LogP contribution in [0.3, 0.4) is 0 Å². The van der Waals surface area contributed by atoms with Gasteiger partial charge in [-0.2, -0.15) is 0 Å². The van der Waals surface area contributed by atoms with Crippen LogP contribution in [0.15, 0.2) is 18.2 Å². The fourth-order valence-electron chi connectivity index (χ4n) is 1.35. The maximum atomic E-state index is 13.2. The molecule has 0 atom stereocenters. The summed E-state index contributed by atoms with van der Waals surface area (Å²) in [7, 11) is 0. The molecule has 1 radical (unpaired) electrons. The van der Waals surface area contributed by atoms with Gasteiger partial charge in [0.2, 0.25) is 0 Å². The van der Waals surface area contributed by atoms with Gasteiger partial charge in [0.05, 0.1) is 12.2 Å². The van der Waals surface area contributed by atoms with Gasteiger partial charge in [0.25, 0.3) is 0 Å². The molecule has 0 unspecified atom stereocenters. The van der Waals surface area contributed by atoms with Gasteiger partial charge in [-0.15, -0.1) is 0 Å². The first kappa shape index (κ1) is 8.93. The molecule has 14 heavy (non-hydrogen) atoms. The second-order valence-electron chi connectivity index (χ2n) is 2.91. The normalized spacial score (nSPS) is 15.9. The van der Waals surface area contributed by atoms with Crippen LogP contribution in [0.4, 0.5) is 19.3 Å². The molecule has 0 N–H and O–H groups in total. The number of benzene rings is 1. The molecule has 1 heterocycles. The van der Waals surface area contributed by atoms with Crippen molar-refractivity contribution in [3.63, 3.8) is 0 Å². The third-order valence-corrected chi connectivity index (χ3v) is 2.00. The maximum absolute atomic E-state index is 13.2. The molecule has 2 rings (SSSR count). The summed E-state index contributed by atoms with van der Waals surface area (Å²) < 4.78 is 25.8. The van der Waals surface area contributed by atoms with E-state index in [1.165, 1.54) is 11.0 Å². The molecule has 0 aromatic heterocycles. The minimum Gasteiger partial charge on any atom is -0.288 e. The Morgan fingerprint density at radius 3 is 2.71 bits per heavy atom. The molecular formula is C9H7F2N2O. The van der Waals surface area contributed by atoms with E-state index in [1.807, 2.05) is 0 Å². The predicted octanol–water partition coefficient (Wildman–Crippen LogP) is 1.51. The quantitative estimate of drug-likeness (QED) is 0.671. The summed E-state index contributed by atoms with van der Waals surface area (Å²) in [5.74, 6) is -1.40. The number of halogens is 2. The molecule has 0 bridgehead atoms. The molecule has 0 spiro atoms. The Balaban J connectivity index is 2.36. The molecular weight excluding hydrogens is 190 g/mol. The van der Waals surface area contributed by atoms with Crippen LogP contribution in [0.25, 0.3) is 0 Å². The summed E-state index contributed by atoms with van der Waals surface area (Å²) >= 11 is 0. The van der Waals surface area contributed by atoms with E-state index in [0.717, 1.165) is 12.1 Å². The first-order chi connectivity index (χ1) is 6.68. The van der Waals surface area contributed by atoms with Crippen LogP contribution >= 0.6 is 0 Å². The van der Waals surface area contributed by atoms with Gasteiger partial charge in [0.15, 0.2) is 0 Å². The lowest BCUT2D eigenvalue weighted by Gasteiger charge is -2.13. The van der Waals surface area contributed by atoms with Crippen molar-refractivity contribution in [1.82, 2.24) is 5.32 Å². The molecule has 1 fully saturated rings. The van der Waals surface area contributed by atoms with Gasteiger partial charge in [-0.05, 0) is 12.1 Å². The lowest BCUT2D eigenvalue weighted by Crippen LogP contribution is -2.26. The summed E-state index contributed by atoms with van der Waals surface area (Å²) in [5, 5.41) is 3.58. The van der Waals surface area contributed by atoms with Gasteiger partial charge in [-0.1, -0.05) is 0 Å². The third-order valence-electron chi connectivity index (χ3n) is 2.00. The number of carbonyl (C=O) groups is 1. The van der Waals surface area contributed by atoms with Gasteiger partial charge >= 0.3 is 6.03 Å². The number of hydrogen-bond donors (Lipinski definition) is 0. The van der Waals surface area contributed by atoms with Crippen molar-refractivity contribution in [2.24, 2.45) is 0 Å². The Hall–Kier alpha value is -1.65. The average molecular weight is 197 g/mol. The first-order valence-corrected chi connectivity index (χ1v) is 4.12. The van der Waals surface area contributed by atoms with Gasteiger partial charge in [0.1, 0.15) is 11.6 Å². The van der Waals surface area contributed by atoms with Crippen molar-refractivity contribution < 1.29 is 13.6 Å². The van der Waals surface area contributed by atoms with E-state index >= 15 is 0 Å². The fourth-order valence-corrected chi connectivity index (χ4v) is 1.35. The number of urea groups is 1. The Labute approximate surface area is 79.3 Å². The highest BCUT2D eigenvalue weighted by Gasteiger charge is 2.25. The van der Waals surface area contributed by atoms with Crippen LogP contribution in [0.1, 0.15) is 0 Å². The number of amides is 2. The number of anilines is 1. The van der Waals surface area contributed by atoms with Crippen molar-refractivity contribution in [3.05, 3.63) is 29.8 Å². The highest BCUT2D eigenvalue weighted by Crippen LogP contribution is 2.21. The molecule has 3 nitrogen and oxygen atoms in total. The minimum absolute atomic E-state index is 0.0812. The summed E-state index contributed by atoms with van der Waals surface area (Å²) in [6.45, 7) is 0.705. The van der Waals surface area contributed by atoms with Crippen molar-refractivity contribution in [2.75, 3.05) is 18.0 Å². The monoisotopic (exact) mass is 197 g/mol. The van der Waals surface area contributed by atoms with Gasteiger partial charge in [0, 0.05) is 12.6 Å². The molecule has 1 saturated heterocycles. The summed E-state index contributed by atoms with van der Waals surface area (Å²) in [5.41, 5.74) is 0.0812. The van der Waals surface area contributed by atoms with Crippen LogP contribution < -0.4 is 10.2 Å². The van der Waals surface area contributed by atoms with Crippen molar-refractivity contribution in [1.29, 1.82) is 0 Å². The first-order valence-electron chi connectivity index (χ1n) is 4.12. The fraction of sp³-hybridized carbons (Fsp3) is 0.222. The highest BCUT2D eigenvalue weighted by atomic mass is 19.1. The summed E-state index contributed by atoms with van der Waals surface area (Å²) in [6.07, 6.45) is 0. The summed E-state index contributed by atoms with van der Waals surface area (Å²) in [4.78, 5) is 12.3. The number of nitrogens with zero attached hydrogens (tertiary/aromatic N) is 2. The zero-order valence-electron chi connectivity index (χ0n) is 7.20. The topological polar surface area (TPSA) is 34.4 Å². The molecule has 0 aliphatic carbocycles. The van der Waals surface area contributed by atoms with E-state index < -0.39 is 17.7 Å². The smallest absolute Gasteiger partial charge is 0.288 e. The second kappa shape index (κ2) is 3.25. The zero-order valence-corrected chi connectivity index (χ0v) is 7.20. The van der Waals surface area contributed by atoms with E-state index in [9.17, 15) is 13.6 Å². The van der Waals surface area contributed by atoms with Crippen LogP contribution in [0.5, 0.6) is 0 Å². The Bertz CT molecular complexity index is 381. The number of hydrogen-bond acceptors (Lipinski definition) is 1. The zero-order chi connectivity index (χ0) is 10.1. The molecule has 1 aromatic rings. The van der Waals surface area contributed by atoms with Gasteiger partial charge in [-0.25, -0.2) is 18.9 Å². The number of carbonyl (C=O) groups excluding carboxylic acids is 1. The standard InChI is InChI=1S/C9H7F2N2O/c10-6-1-2-8(7(11)5-6)13-4-3-12-9(13)14/h1-2,5H,3-4H2. The lowest BCUT2D eigenvalue weighted by atomic mass is 10.3. The van der Waals surface area contributed by atoms with E-state index in [4.69, 9.17) is 0 Å². The molecule has 1 aliphatic heterocycles. The van der Waals surface area contributed by atoms with Crippen LogP contribution in [-0.4, -0.2) is 19.1 Å². The van der Waals surface area contributed by atoms with Crippen LogP contribution in [-0.2, 0) is 0 Å². The average Bonchev–Trinajstić information content (AvgIpc) is 2.52. The Kier molecular flexibility index (Phi) is 2.07.